The van der Waals surface area contributed by atoms with Crippen LogP contribution in [0.1, 0.15) is 5.56 Å². The molecule has 8 nitrogen and oxygen atoms in total. The van der Waals surface area contributed by atoms with Crippen molar-refractivity contribution in [3.63, 3.8) is 0 Å². The molecule has 0 saturated carbocycles. The molecule has 0 aliphatic rings. The first-order valence-corrected chi connectivity index (χ1v) is 7.12. The SMILES string of the molecule is Cc1cnc(NN)nc1Oc1c(Br)cc([N+](=O)[O-])cc1Br. The molecular formula is C11H9Br2N5O3. The molecule has 0 amide bonds. The van der Waals surface area contributed by atoms with Crippen LogP contribution in [0, 0.1) is 17.0 Å². The lowest BCUT2D eigenvalue weighted by Crippen LogP contribution is -2.11. The lowest BCUT2D eigenvalue weighted by atomic mass is 10.3. The summed E-state index contributed by atoms with van der Waals surface area (Å²) in [6.07, 6.45) is 1.55. The van der Waals surface area contributed by atoms with Gasteiger partial charge in [0, 0.05) is 23.9 Å². The van der Waals surface area contributed by atoms with Gasteiger partial charge < -0.3 is 4.74 Å². The largest absolute Gasteiger partial charge is 0.436 e. The molecule has 2 rings (SSSR count). The van der Waals surface area contributed by atoms with Gasteiger partial charge in [-0.05, 0) is 38.8 Å². The van der Waals surface area contributed by atoms with E-state index in [2.05, 4.69) is 47.3 Å². The van der Waals surface area contributed by atoms with Crippen LogP contribution in [0.15, 0.2) is 27.3 Å². The third-order valence-electron chi connectivity index (χ3n) is 2.45. The van der Waals surface area contributed by atoms with Gasteiger partial charge in [-0.1, -0.05) is 0 Å². The van der Waals surface area contributed by atoms with Crippen molar-refractivity contribution in [1.29, 1.82) is 0 Å². The van der Waals surface area contributed by atoms with Crippen LogP contribution in [0.2, 0.25) is 0 Å². The van der Waals surface area contributed by atoms with Gasteiger partial charge in [-0.3, -0.25) is 15.5 Å². The van der Waals surface area contributed by atoms with Gasteiger partial charge >= 0.3 is 0 Å². The molecule has 0 radical (unpaired) electrons. The van der Waals surface area contributed by atoms with Gasteiger partial charge in [0.1, 0.15) is 0 Å². The number of nitrogens with one attached hydrogen (secondary N) is 1. The number of ether oxygens (including phenoxy) is 1. The normalized spacial score (nSPS) is 10.3. The van der Waals surface area contributed by atoms with Crippen molar-refractivity contribution in [1.82, 2.24) is 9.97 Å². The number of nitrogens with zero attached hydrogens (tertiary/aromatic N) is 3. The first-order chi connectivity index (χ1) is 9.92. The topological polar surface area (TPSA) is 116 Å². The molecule has 10 heteroatoms. The fourth-order valence-electron chi connectivity index (χ4n) is 1.45. The van der Waals surface area contributed by atoms with E-state index < -0.39 is 4.92 Å². The van der Waals surface area contributed by atoms with Crippen LogP contribution in [-0.4, -0.2) is 14.9 Å². The average molecular weight is 419 g/mol. The second kappa shape index (κ2) is 6.33. The summed E-state index contributed by atoms with van der Waals surface area (Å²) in [6.45, 7) is 1.77. The van der Waals surface area contributed by atoms with Crippen LogP contribution < -0.4 is 16.0 Å². The Labute approximate surface area is 136 Å². The van der Waals surface area contributed by atoms with Crippen LogP contribution in [-0.2, 0) is 0 Å². The first-order valence-electron chi connectivity index (χ1n) is 5.54. The molecule has 0 bridgehead atoms. The number of hydrogen-bond acceptors (Lipinski definition) is 7. The lowest BCUT2D eigenvalue weighted by molar-refractivity contribution is -0.385. The van der Waals surface area contributed by atoms with E-state index in [9.17, 15) is 10.1 Å². The van der Waals surface area contributed by atoms with Crippen molar-refractivity contribution >= 4 is 43.5 Å². The zero-order chi connectivity index (χ0) is 15.6. The molecule has 0 aliphatic carbocycles. The fraction of sp³-hybridized carbons (Fsp3) is 0.0909. The number of nitro groups is 1. The molecule has 21 heavy (non-hydrogen) atoms. The second-order valence-corrected chi connectivity index (χ2v) is 5.63. The maximum atomic E-state index is 10.8. The number of nitrogen functional groups attached to an aromatic ring is 1. The maximum Gasteiger partial charge on any atom is 0.271 e. The zero-order valence-electron chi connectivity index (χ0n) is 10.6. The van der Waals surface area contributed by atoms with Gasteiger partial charge in [-0.15, -0.1) is 0 Å². The van der Waals surface area contributed by atoms with Crippen molar-refractivity contribution in [2.45, 2.75) is 6.92 Å². The Balaban J connectivity index is 2.42. The predicted molar refractivity (Wildman–Crippen MR) is 83.1 cm³/mol. The van der Waals surface area contributed by atoms with Gasteiger partial charge in [0.2, 0.25) is 11.8 Å². The number of halogens is 2. The Morgan fingerprint density at radius 2 is 2.00 bits per heavy atom. The quantitative estimate of drug-likeness (QED) is 0.444. The highest BCUT2D eigenvalue weighted by Gasteiger charge is 2.17. The minimum atomic E-state index is -0.494. The lowest BCUT2D eigenvalue weighted by Gasteiger charge is -2.11. The van der Waals surface area contributed by atoms with Crippen molar-refractivity contribution < 1.29 is 9.66 Å². The fourth-order valence-corrected chi connectivity index (χ4v) is 2.77. The summed E-state index contributed by atoms with van der Waals surface area (Å²) >= 11 is 6.48. The van der Waals surface area contributed by atoms with E-state index in [-0.39, 0.29) is 17.5 Å². The Bertz CT molecular complexity index is 687. The second-order valence-electron chi connectivity index (χ2n) is 3.92. The van der Waals surface area contributed by atoms with E-state index in [0.717, 1.165) is 0 Å². The number of non-ortho nitro benzene ring substituents is 1. The molecule has 2 aromatic rings. The summed E-state index contributed by atoms with van der Waals surface area (Å²) in [5.41, 5.74) is 2.94. The number of hydrazine groups is 1. The average Bonchev–Trinajstić information content (AvgIpc) is 2.44. The molecule has 0 saturated heterocycles. The van der Waals surface area contributed by atoms with Crippen molar-refractivity contribution in [2.75, 3.05) is 5.43 Å². The highest BCUT2D eigenvalue weighted by molar-refractivity contribution is 9.11. The number of nitrogens with two attached hydrogens (primary N) is 1. The zero-order valence-corrected chi connectivity index (χ0v) is 13.8. The van der Waals surface area contributed by atoms with E-state index in [1.807, 2.05) is 0 Å². The third-order valence-corrected chi connectivity index (χ3v) is 3.63. The maximum absolute atomic E-state index is 10.8. The van der Waals surface area contributed by atoms with Gasteiger partial charge in [0.25, 0.3) is 5.69 Å². The van der Waals surface area contributed by atoms with E-state index in [4.69, 9.17) is 10.6 Å². The molecular weight excluding hydrogens is 410 g/mol. The number of aromatic nitrogens is 2. The Hall–Kier alpha value is -1.78. The summed E-state index contributed by atoms with van der Waals surface area (Å²) in [4.78, 5) is 18.3. The molecule has 0 aliphatic heterocycles. The highest BCUT2D eigenvalue weighted by Crippen LogP contribution is 2.39. The monoisotopic (exact) mass is 417 g/mol. The molecule has 110 valence electrons. The van der Waals surface area contributed by atoms with Crippen molar-refractivity contribution in [3.05, 3.63) is 43.0 Å². The van der Waals surface area contributed by atoms with Crippen LogP contribution in [0.4, 0.5) is 11.6 Å². The van der Waals surface area contributed by atoms with Gasteiger partial charge in [-0.25, -0.2) is 10.8 Å². The molecule has 0 spiro atoms. The minimum Gasteiger partial charge on any atom is -0.436 e. The number of aryl methyl sites for hydroxylation is 1. The number of rotatable bonds is 4. The Morgan fingerprint density at radius 1 is 1.38 bits per heavy atom. The smallest absolute Gasteiger partial charge is 0.271 e. The summed E-state index contributed by atoms with van der Waals surface area (Å²) in [5, 5.41) is 10.8. The molecule has 1 aromatic carbocycles. The standard InChI is InChI=1S/C11H9Br2N5O3/c1-5-4-15-11(17-14)16-10(5)21-9-7(12)2-6(18(19)20)3-8(9)13/h2-4H,14H2,1H3,(H,15,16,17). The van der Waals surface area contributed by atoms with Gasteiger partial charge in [0.15, 0.2) is 5.75 Å². The number of benzene rings is 1. The third kappa shape index (κ3) is 3.46. The number of anilines is 1. The number of nitro benzene ring substituents is 1. The molecule has 1 aromatic heterocycles. The molecule has 3 N–H and O–H groups in total. The van der Waals surface area contributed by atoms with Crippen LogP contribution in [0.25, 0.3) is 0 Å². The van der Waals surface area contributed by atoms with Crippen LogP contribution in [0.5, 0.6) is 11.6 Å². The molecule has 0 fully saturated rings. The van der Waals surface area contributed by atoms with Crippen molar-refractivity contribution in [3.8, 4) is 11.6 Å². The van der Waals surface area contributed by atoms with Crippen LogP contribution >= 0.6 is 31.9 Å². The molecule has 0 atom stereocenters. The number of hydrogen-bond donors (Lipinski definition) is 2. The Kier molecular flexibility index (Phi) is 4.70. The van der Waals surface area contributed by atoms with Gasteiger partial charge in [0.05, 0.1) is 13.9 Å². The summed E-state index contributed by atoms with van der Waals surface area (Å²) < 4.78 is 6.53. The van der Waals surface area contributed by atoms with E-state index >= 15 is 0 Å². The summed E-state index contributed by atoms with van der Waals surface area (Å²) in [6, 6.07) is 2.69. The predicted octanol–water partition coefficient (Wildman–Crippen LogP) is 3.30. The summed E-state index contributed by atoms with van der Waals surface area (Å²) in [5.74, 6) is 6.10. The highest BCUT2D eigenvalue weighted by atomic mass is 79.9. The molecule has 1 heterocycles. The van der Waals surface area contributed by atoms with E-state index in [0.29, 0.717) is 20.3 Å². The van der Waals surface area contributed by atoms with E-state index in [1.165, 1.54) is 12.1 Å². The van der Waals surface area contributed by atoms with Crippen molar-refractivity contribution in [2.24, 2.45) is 5.84 Å². The minimum absolute atomic E-state index is 0.0650. The first kappa shape index (κ1) is 15.6. The van der Waals surface area contributed by atoms with Crippen LogP contribution in [0.3, 0.4) is 0 Å². The molecule has 0 unspecified atom stereocenters. The van der Waals surface area contributed by atoms with E-state index in [1.54, 1.807) is 13.1 Å². The summed E-state index contributed by atoms with van der Waals surface area (Å²) in [7, 11) is 0. The Morgan fingerprint density at radius 3 is 2.52 bits per heavy atom. The van der Waals surface area contributed by atoms with Gasteiger partial charge in [-0.2, -0.15) is 4.98 Å².